The summed E-state index contributed by atoms with van der Waals surface area (Å²) in [5.41, 5.74) is 1.19. The Morgan fingerprint density at radius 3 is 2.71 bits per heavy atom. The maximum atomic E-state index is 8.96. The van der Waals surface area contributed by atoms with E-state index in [0.29, 0.717) is 0 Å². The number of anilines is 1. The summed E-state index contributed by atoms with van der Waals surface area (Å²) < 4.78 is 5.00. The number of ether oxygens (including phenoxy) is 1. The molecule has 0 unspecified atom stereocenters. The van der Waals surface area contributed by atoms with E-state index in [4.69, 9.17) is 9.84 Å². The minimum Gasteiger partial charge on any atom is -0.395 e. The fraction of sp³-hybridized carbons (Fsp3) is 0.667. The SMILES string of the molecule is COCCNCc1ccc(N2CCN(CCO)CC2)nc1. The quantitative estimate of drug-likeness (QED) is 0.655. The second-order valence-electron chi connectivity index (χ2n) is 5.25. The van der Waals surface area contributed by atoms with E-state index < -0.39 is 0 Å². The molecular formula is C15H26N4O2. The number of pyridine rings is 1. The number of aliphatic hydroxyl groups is 1. The fourth-order valence-corrected chi connectivity index (χ4v) is 2.46. The van der Waals surface area contributed by atoms with Gasteiger partial charge < -0.3 is 20.1 Å². The monoisotopic (exact) mass is 294 g/mol. The lowest BCUT2D eigenvalue weighted by Crippen LogP contribution is -2.47. The molecule has 1 aromatic heterocycles. The van der Waals surface area contributed by atoms with E-state index in [1.54, 1.807) is 7.11 Å². The van der Waals surface area contributed by atoms with Crippen LogP contribution in [0.15, 0.2) is 18.3 Å². The van der Waals surface area contributed by atoms with E-state index in [1.165, 1.54) is 5.56 Å². The van der Waals surface area contributed by atoms with E-state index >= 15 is 0 Å². The van der Waals surface area contributed by atoms with Crippen LogP contribution >= 0.6 is 0 Å². The summed E-state index contributed by atoms with van der Waals surface area (Å²) in [7, 11) is 1.71. The summed E-state index contributed by atoms with van der Waals surface area (Å²) in [6.07, 6.45) is 1.94. The van der Waals surface area contributed by atoms with Crippen LogP contribution in [-0.4, -0.2) is 74.6 Å². The molecule has 0 saturated carbocycles. The van der Waals surface area contributed by atoms with Gasteiger partial charge in [0.25, 0.3) is 0 Å². The Balaban J connectivity index is 1.77. The maximum absolute atomic E-state index is 8.96. The molecule has 1 aliphatic rings. The molecule has 1 aliphatic heterocycles. The largest absolute Gasteiger partial charge is 0.395 e. The zero-order chi connectivity index (χ0) is 14.9. The molecule has 6 heteroatoms. The fourth-order valence-electron chi connectivity index (χ4n) is 2.46. The van der Waals surface area contributed by atoms with Gasteiger partial charge in [-0.25, -0.2) is 4.98 Å². The molecule has 2 heterocycles. The first-order valence-corrected chi connectivity index (χ1v) is 7.56. The lowest BCUT2D eigenvalue weighted by molar-refractivity contribution is 0.188. The topological polar surface area (TPSA) is 60.9 Å². The summed E-state index contributed by atoms with van der Waals surface area (Å²) in [5, 5.41) is 12.3. The van der Waals surface area contributed by atoms with Crippen LogP contribution < -0.4 is 10.2 Å². The molecule has 1 fully saturated rings. The van der Waals surface area contributed by atoms with Crippen LogP contribution in [0.25, 0.3) is 0 Å². The van der Waals surface area contributed by atoms with Crippen molar-refractivity contribution >= 4 is 5.82 Å². The van der Waals surface area contributed by atoms with E-state index in [9.17, 15) is 0 Å². The van der Waals surface area contributed by atoms with E-state index in [-0.39, 0.29) is 6.61 Å². The zero-order valence-electron chi connectivity index (χ0n) is 12.8. The third-order valence-electron chi connectivity index (χ3n) is 3.73. The Hall–Kier alpha value is -1.21. The summed E-state index contributed by atoms with van der Waals surface area (Å²) in [4.78, 5) is 9.14. The smallest absolute Gasteiger partial charge is 0.128 e. The molecule has 0 bridgehead atoms. The minimum absolute atomic E-state index is 0.239. The van der Waals surface area contributed by atoms with Crippen molar-refractivity contribution in [1.82, 2.24) is 15.2 Å². The highest BCUT2D eigenvalue weighted by Gasteiger charge is 2.17. The lowest BCUT2D eigenvalue weighted by Gasteiger charge is -2.35. The molecule has 0 aliphatic carbocycles. The number of rotatable bonds is 8. The van der Waals surface area contributed by atoms with Gasteiger partial charge in [-0.1, -0.05) is 6.07 Å². The Morgan fingerprint density at radius 1 is 1.29 bits per heavy atom. The van der Waals surface area contributed by atoms with Gasteiger partial charge in [0.1, 0.15) is 5.82 Å². The van der Waals surface area contributed by atoms with Gasteiger partial charge in [0.05, 0.1) is 13.2 Å². The first kappa shape index (κ1) is 16.2. The van der Waals surface area contributed by atoms with E-state index in [1.807, 2.05) is 6.20 Å². The van der Waals surface area contributed by atoms with Crippen LogP contribution in [0.4, 0.5) is 5.82 Å². The van der Waals surface area contributed by atoms with Gasteiger partial charge in [-0.2, -0.15) is 0 Å². The summed E-state index contributed by atoms with van der Waals surface area (Å²) in [6, 6.07) is 4.22. The third-order valence-corrected chi connectivity index (χ3v) is 3.73. The number of aliphatic hydroxyl groups excluding tert-OH is 1. The number of nitrogens with zero attached hydrogens (tertiary/aromatic N) is 3. The lowest BCUT2D eigenvalue weighted by atomic mass is 10.2. The number of methoxy groups -OCH3 is 1. The highest BCUT2D eigenvalue weighted by molar-refractivity contribution is 5.39. The predicted octanol–water partition coefficient (Wildman–Crippen LogP) is -0.0681. The van der Waals surface area contributed by atoms with Gasteiger partial charge in [-0.3, -0.25) is 4.90 Å². The number of nitrogens with one attached hydrogen (secondary N) is 1. The molecular weight excluding hydrogens is 268 g/mol. The van der Waals surface area contributed by atoms with Crippen LogP contribution in [0, 0.1) is 0 Å². The van der Waals surface area contributed by atoms with Crippen molar-refractivity contribution in [3.05, 3.63) is 23.9 Å². The van der Waals surface area contributed by atoms with Crippen molar-refractivity contribution in [1.29, 1.82) is 0 Å². The second-order valence-corrected chi connectivity index (χ2v) is 5.25. The van der Waals surface area contributed by atoms with Gasteiger partial charge in [0, 0.05) is 59.1 Å². The number of β-amino-alcohol motifs (C(OH)–C–C–N with tert-alkyl or cyclic N) is 1. The van der Waals surface area contributed by atoms with Crippen molar-refractivity contribution in [3.8, 4) is 0 Å². The highest BCUT2D eigenvalue weighted by atomic mass is 16.5. The molecule has 0 radical (unpaired) electrons. The maximum Gasteiger partial charge on any atom is 0.128 e. The Labute approximate surface area is 126 Å². The summed E-state index contributed by atoms with van der Waals surface area (Å²) in [5.74, 6) is 1.04. The molecule has 118 valence electrons. The van der Waals surface area contributed by atoms with Crippen LogP contribution in [0.2, 0.25) is 0 Å². The van der Waals surface area contributed by atoms with E-state index in [0.717, 1.165) is 58.2 Å². The van der Waals surface area contributed by atoms with Crippen molar-refractivity contribution in [2.24, 2.45) is 0 Å². The third kappa shape index (κ3) is 5.24. The van der Waals surface area contributed by atoms with Gasteiger partial charge in [-0.05, 0) is 11.6 Å². The van der Waals surface area contributed by atoms with Crippen molar-refractivity contribution < 1.29 is 9.84 Å². The molecule has 0 spiro atoms. The minimum atomic E-state index is 0.239. The molecule has 6 nitrogen and oxygen atoms in total. The Morgan fingerprint density at radius 2 is 2.10 bits per heavy atom. The van der Waals surface area contributed by atoms with Gasteiger partial charge in [0.2, 0.25) is 0 Å². The van der Waals surface area contributed by atoms with Crippen molar-refractivity contribution in [3.63, 3.8) is 0 Å². The van der Waals surface area contributed by atoms with Gasteiger partial charge in [0.15, 0.2) is 0 Å². The molecule has 1 aromatic rings. The van der Waals surface area contributed by atoms with Crippen LogP contribution in [0.5, 0.6) is 0 Å². The average Bonchev–Trinajstić information content (AvgIpc) is 2.53. The zero-order valence-corrected chi connectivity index (χ0v) is 12.8. The first-order valence-electron chi connectivity index (χ1n) is 7.56. The van der Waals surface area contributed by atoms with E-state index in [2.05, 4.69) is 32.2 Å². The average molecular weight is 294 g/mol. The molecule has 2 N–H and O–H groups in total. The second kappa shape index (κ2) is 8.94. The van der Waals surface area contributed by atoms with Crippen LogP contribution in [0.1, 0.15) is 5.56 Å². The summed E-state index contributed by atoms with van der Waals surface area (Å²) >= 11 is 0. The predicted molar refractivity (Wildman–Crippen MR) is 83.6 cm³/mol. The molecule has 1 saturated heterocycles. The molecule has 0 amide bonds. The molecule has 0 aromatic carbocycles. The number of hydrogen-bond donors (Lipinski definition) is 2. The van der Waals surface area contributed by atoms with Gasteiger partial charge >= 0.3 is 0 Å². The van der Waals surface area contributed by atoms with Gasteiger partial charge in [-0.15, -0.1) is 0 Å². The number of hydrogen-bond acceptors (Lipinski definition) is 6. The standard InChI is InChI=1S/C15H26N4O2/c1-21-11-4-16-12-14-2-3-15(17-13-14)19-7-5-18(6-8-19)9-10-20/h2-3,13,16,20H,4-12H2,1H3. The van der Waals surface area contributed by atoms with Crippen molar-refractivity contribution in [2.75, 3.05) is 64.5 Å². The normalized spacial score (nSPS) is 16.4. The highest BCUT2D eigenvalue weighted by Crippen LogP contribution is 2.13. The van der Waals surface area contributed by atoms with Crippen LogP contribution in [0.3, 0.4) is 0 Å². The number of aromatic nitrogens is 1. The Bertz CT molecular complexity index is 391. The Kier molecular flexibility index (Phi) is 6.88. The molecule has 21 heavy (non-hydrogen) atoms. The van der Waals surface area contributed by atoms with Crippen molar-refractivity contribution in [2.45, 2.75) is 6.54 Å². The molecule has 0 atom stereocenters. The summed E-state index contributed by atoms with van der Waals surface area (Å²) in [6.45, 7) is 7.33. The van der Waals surface area contributed by atoms with Crippen LogP contribution in [-0.2, 0) is 11.3 Å². The number of piperazine rings is 1. The molecule has 2 rings (SSSR count). The first-order chi connectivity index (χ1) is 10.3.